The second-order valence-corrected chi connectivity index (χ2v) is 5.20. The Bertz CT molecular complexity index is 438. The van der Waals surface area contributed by atoms with Crippen LogP contribution in [0.25, 0.3) is 0 Å². The number of hydrogen-bond donors (Lipinski definition) is 1. The number of nitrogens with one attached hydrogen (secondary N) is 1. The zero-order valence-corrected chi connectivity index (χ0v) is 12.3. The second-order valence-electron chi connectivity index (χ2n) is 5.20. The minimum absolute atomic E-state index is 0.108. The van der Waals surface area contributed by atoms with Crippen molar-refractivity contribution in [1.82, 2.24) is 10.2 Å². The van der Waals surface area contributed by atoms with Gasteiger partial charge in [-0.1, -0.05) is 12.1 Å². The molecule has 0 aromatic heterocycles. The molecule has 0 bridgehead atoms. The molecule has 0 saturated carbocycles. The number of likely N-dealkylation sites (N-methyl/N-ethyl adjacent to an activating group) is 1. The molecule has 0 spiro atoms. The topological polar surface area (TPSA) is 32.3 Å². The average Bonchev–Trinajstić information content (AvgIpc) is 2.30. The maximum Gasteiger partial charge on any atom is 0.238 e. The Morgan fingerprint density at radius 3 is 2.28 bits per heavy atom. The van der Waals surface area contributed by atoms with Crippen LogP contribution in [-0.2, 0) is 11.3 Å². The van der Waals surface area contributed by atoms with Gasteiger partial charge in [0.15, 0.2) is 0 Å². The van der Waals surface area contributed by atoms with Gasteiger partial charge in [-0.3, -0.25) is 4.79 Å². The molecule has 0 radical (unpaired) electrons. The summed E-state index contributed by atoms with van der Waals surface area (Å²) in [5.41, 5.74) is 5.14. The first-order valence-corrected chi connectivity index (χ1v) is 6.34. The molecule has 1 aromatic carbocycles. The van der Waals surface area contributed by atoms with Crippen LogP contribution in [-0.4, -0.2) is 30.9 Å². The molecule has 0 saturated heterocycles. The van der Waals surface area contributed by atoms with Crippen LogP contribution in [0.1, 0.15) is 29.2 Å². The number of nitrogens with zero attached hydrogens (tertiary/aromatic N) is 1. The number of carbonyl (C=O) groups excluding carboxylic acids is 1. The van der Waals surface area contributed by atoms with Crippen LogP contribution in [0.5, 0.6) is 0 Å². The van der Waals surface area contributed by atoms with Gasteiger partial charge in [0.2, 0.25) is 5.91 Å². The van der Waals surface area contributed by atoms with Gasteiger partial charge < -0.3 is 10.2 Å². The lowest BCUT2D eigenvalue weighted by Gasteiger charge is -2.19. The average molecular weight is 248 g/mol. The van der Waals surface area contributed by atoms with Crippen LogP contribution in [0.15, 0.2) is 12.1 Å². The Morgan fingerprint density at radius 1 is 1.17 bits per heavy atom. The number of rotatable bonds is 4. The largest absolute Gasteiger partial charge is 0.347 e. The molecular formula is C15H24N2O. The van der Waals surface area contributed by atoms with E-state index in [9.17, 15) is 4.79 Å². The Labute approximate surface area is 110 Å². The molecule has 0 heterocycles. The van der Waals surface area contributed by atoms with Crippen molar-refractivity contribution in [3.8, 4) is 0 Å². The highest BCUT2D eigenvalue weighted by molar-refractivity contribution is 5.80. The molecule has 1 rings (SSSR count). The van der Waals surface area contributed by atoms with Gasteiger partial charge in [0.05, 0.1) is 6.04 Å². The van der Waals surface area contributed by atoms with E-state index in [1.165, 1.54) is 22.3 Å². The van der Waals surface area contributed by atoms with Gasteiger partial charge in [-0.05, 0) is 49.9 Å². The summed E-state index contributed by atoms with van der Waals surface area (Å²) in [4.78, 5) is 13.3. The Balaban J connectivity index is 2.69. The van der Waals surface area contributed by atoms with Gasteiger partial charge in [-0.2, -0.15) is 0 Å². The van der Waals surface area contributed by atoms with E-state index in [0.717, 1.165) is 6.54 Å². The lowest BCUT2D eigenvalue weighted by molar-refractivity contribution is -0.130. The third kappa shape index (κ3) is 3.57. The molecule has 1 aromatic rings. The molecule has 1 unspecified atom stereocenters. The minimum atomic E-state index is -0.152. The molecule has 3 heteroatoms. The predicted molar refractivity (Wildman–Crippen MR) is 75.6 cm³/mol. The minimum Gasteiger partial charge on any atom is -0.347 e. The van der Waals surface area contributed by atoms with Gasteiger partial charge in [-0.25, -0.2) is 0 Å². The summed E-state index contributed by atoms with van der Waals surface area (Å²) < 4.78 is 0. The van der Waals surface area contributed by atoms with E-state index in [0.29, 0.717) is 0 Å². The van der Waals surface area contributed by atoms with Crippen molar-refractivity contribution >= 4 is 5.91 Å². The molecule has 18 heavy (non-hydrogen) atoms. The van der Waals surface area contributed by atoms with Crippen LogP contribution >= 0.6 is 0 Å². The van der Waals surface area contributed by atoms with E-state index in [4.69, 9.17) is 0 Å². The molecule has 1 atom stereocenters. The summed E-state index contributed by atoms with van der Waals surface area (Å²) in [5.74, 6) is 0.108. The van der Waals surface area contributed by atoms with Crippen molar-refractivity contribution in [1.29, 1.82) is 0 Å². The van der Waals surface area contributed by atoms with Crippen LogP contribution in [0.2, 0.25) is 0 Å². The highest BCUT2D eigenvalue weighted by Crippen LogP contribution is 2.15. The smallest absolute Gasteiger partial charge is 0.238 e. The fourth-order valence-corrected chi connectivity index (χ4v) is 1.95. The first-order chi connectivity index (χ1) is 8.32. The Morgan fingerprint density at radius 2 is 1.72 bits per heavy atom. The van der Waals surface area contributed by atoms with Crippen molar-refractivity contribution in [3.63, 3.8) is 0 Å². The molecule has 0 aliphatic rings. The Hall–Kier alpha value is -1.35. The summed E-state index contributed by atoms with van der Waals surface area (Å²) in [7, 11) is 3.56. The lowest BCUT2D eigenvalue weighted by Crippen LogP contribution is -2.41. The number of amides is 1. The zero-order valence-electron chi connectivity index (χ0n) is 12.3. The van der Waals surface area contributed by atoms with Crippen LogP contribution < -0.4 is 5.32 Å². The highest BCUT2D eigenvalue weighted by Gasteiger charge is 2.14. The van der Waals surface area contributed by atoms with Gasteiger partial charge in [0.1, 0.15) is 0 Å². The van der Waals surface area contributed by atoms with Crippen LogP contribution in [0.4, 0.5) is 0 Å². The summed E-state index contributed by atoms with van der Waals surface area (Å²) in [6.07, 6.45) is 0. The molecular weight excluding hydrogens is 224 g/mol. The molecule has 100 valence electrons. The van der Waals surface area contributed by atoms with Gasteiger partial charge in [0.25, 0.3) is 0 Å². The van der Waals surface area contributed by atoms with Crippen molar-refractivity contribution in [3.05, 3.63) is 34.4 Å². The summed E-state index contributed by atoms with van der Waals surface area (Å²) in [6.45, 7) is 8.98. The molecule has 3 nitrogen and oxygen atoms in total. The second kappa shape index (κ2) is 6.01. The SMILES string of the molecule is Cc1cc(C)c(CNC(C)C(=O)N(C)C)cc1C. The van der Waals surface area contributed by atoms with E-state index in [1.807, 2.05) is 6.92 Å². The Kier molecular flexibility index (Phi) is 4.91. The third-order valence-electron chi connectivity index (χ3n) is 3.36. The van der Waals surface area contributed by atoms with E-state index in [2.05, 4.69) is 38.2 Å². The maximum atomic E-state index is 11.7. The van der Waals surface area contributed by atoms with E-state index >= 15 is 0 Å². The summed E-state index contributed by atoms with van der Waals surface area (Å²) in [6, 6.07) is 4.25. The lowest BCUT2D eigenvalue weighted by atomic mass is 10.0. The van der Waals surface area contributed by atoms with Crippen molar-refractivity contribution < 1.29 is 4.79 Å². The summed E-state index contributed by atoms with van der Waals surface area (Å²) in [5, 5.41) is 3.28. The predicted octanol–water partition coefficient (Wildman–Crippen LogP) is 2.18. The quantitative estimate of drug-likeness (QED) is 0.885. The fourth-order valence-electron chi connectivity index (χ4n) is 1.95. The van der Waals surface area contributed by atoms with Crippen LogP contribution in [0, 0.1) is 20.8 Å². The van der Waals surface area contributed by atoms with Crippen molar-refractivity contribution in [2.75, 3.05) is 14.1 Å². The van der Waals surface area contributed by atoms with Crippen molar-refractivity contribution in [2.24, 2.45) is 0 Å². The first kappa shape index (κ1) is 14.7. The molecule has 0 fully saturated rings. The van der Waals surface area contributed by atoms with E-state index < -0.39 is 0 Å². The van der Waals surface area contributed by atoms with E-state index in [-0.39, 0.29) is 11.9 Å². The van der Waals surface area contributed by atoms with Gasteiger partial charge in [0, 0.05) is 20.6 Å². The normalized spacial score (nSPS) is 12.3. The van der Waals surface area contributed by atoms with Gasteiger partial charge >= 0.3 is 0 Å². The third-order valence-corrected chi connectivity index (χ3v) is 3.36. The number of hydrogen-bond acceptors (Lipinski definition) is 2. The number of benzene rings is 1. The van der Waals surface area contributed by atoms with Crippen LogP contribution in [0.3, 0.4) is 0 Å². The molecule has 1 amide bonds. The van der Waals surface area contributed by atoms with E-state index in [1.54, 1.807) is 19.0 Å². The first-order valence-electron chi connectivity index (χ1n) is 6.34. The molecule has 0 aliphatic heterocycles. The van der Waals surface area contributed by atoms with Crippen molar-refractivity contribution in [2.45, 2.75) is 40.3 Å². The highest BCUT2D eigenvalue weighted by atomic mass is 16.2. The standard InChI is InChI=1S/C15H24N2O/c1-10-7-12(3)14(8-11(10)2)9-16-13(4)15(18)17(5)6/h7-8,13,16H,9H2,1-6H3. The summed E-state index contributed by atoms with van der Waals surface area (Å²) >= 11 is 0. The monoisotopic (exact) mass is 248 g/mol. The van der Waals surface area contributed by atoms with Gasteiger partial charge in [-0.15, -0.1) is 0 Å². The fraction of sp³-hybridized carbons (Fsp3) is 0.533. The number of aryl methyl sites for hydroxylation is 3. The zero-order chi connectivity index (χ0) is 13.9. The number of carbonyl (C=O) groups is 1. The molecule has 1 N–H and O–H groups in total. The molecule has 0 aliphatic carbocycles. The maximum absolute atomic E-state index is 11.7.